The Hall–Kier alpha value is -2.01. The third kappa shape index (κ3) is 2.57. The Morgan fingerprint density at radius 1 is 1.35 bits per heavy atom. The van der Waals surface area contributed by atoms with E-state index in [1.807, 2.05) is 0 Å². The molecule has 0 saturated carbocycles. The number of hydrogen-bond donors (Lipinski definition) is 1. The van der Waals surface area contributed by atoms with E-state index in [9.17, 15) is 4.39 Å². The zero-order valence-electron chi connectivity index (χ0n) is 9.35. The van der Waals surface area contributed by atoms with Crippen molar-refractivity contribution in [2.75, 3.05) is 0 Å². The fourth-order valence-corrected chi connectivity index (χ4v) is 1.38. The van der Waals surface area contributed by atoms with Gasteiger partial charge in [-0.15, -0.1) is 5.10 Å². The Kier molecular flexibility index (Phi) is 3.30. The molecule has 0 aliphatic carbocycles. The average molecular weight is 233 g/mol. The van der Waals surface area contributed by atoms with Gasteiger partial charge in [0.1, 0.15) is 11.6 Å². The molecule has 0 aliphatic heterocycles. The molecule has 0 atom stereocenters. The second-order valence-electron chi connectivity index (χ2n) is 3.58. The van der Waals surface area contributed by atoms with Crippen LogP contribution in [-0.4, -0.2) is 10.2 Å². The number of nitrogens with two attached hydrogens (primary N) is 1. The second kappa shape index (κ2) is 4.88. The monoisotopic (exact) mass is 233 g/mol. The quantitative estimate of drug-likeness (QED) is 0.882. The molecular weight excluding hydrogens is 221 g/mol. The molecule has 0 bridgehead atoms. The van der Waals surface area contributed by atoms with Crippen LogP contribution in [-0.2, 0) is 6.54 Å². The molecule has 2 N–H and O–H groups in total. The molecule has 0 amide bonds. The summed E-state index contributed by atoms with van der Waals surface area (Å²) in [5.74, 6) is 0.593. The average Bonchev–Trinajstić information content (AvgIpc) is 2.34. The molecule has 1 aromatic carbocycles. The molecule has 88 valence electrons. The number of benzene rings is 1. The lowest BCUT2D eigenvalue weighted by Crippen LogP contribution is -2.02. The number of hydrogen-bond acceptors (Lipinski definition) is 4. The number of aryl methyl sites for hydroxylation is 1. The molecule has 5 heteroatoms. The van der Waals surface area contributed by atoms with Gasteiger partial charge < -0.3 is 10.5 Å². The van der Waals surface area contributed by atoms with Gasteiger partial charge in [-0.1, -0.05) is 0 Å². The number of halogens is 1. The molecule has 4 nitrogen and oxygen atoms in total. The summed E-state index contributed by atoms with van der Waals surface area (Å²) in [5, 5.41) is 7.58. The first kappa shape index (κ1) is 11.5. The second-order valence-corrected chi connectivity index (χ2v) is 3.58. The molecule has 0 aliphatic rings. The van der Waals surface area contributed by atoms with E-state index in [-0.39, 0.29) is 5.82 Å². The maximum atomic E-state index is 13.1. The minimum atomic E-state index is -0.268. The fraction of sp³-hybridized carbons (Fsp3) is 0.167. The lowest BCUT2D eigenvalue weighted by atomic mass is 10.2. The minimum absolute atomic E-state index is 0.268. The molecule has 0 fully saturated rings. The van der Waals surface area contributed by atoms with Crippen molar-refractivity contribution >= 4 is 0 Å². The largest absolute Gasteiger partial charge is 0.437 e. The van der Waals surface area contributed by atoms with E-state index in [0.29, 0.717) is 23.7 Å². The highest BCUT2D eigenvalue weighted by Crippen LogP contribution is 2.23. The summed E-state index contributed by atoms with van der Waals surface area (Å²) in [6.07, 6.45) is 1.55. The van der Waals surface area contributed by atoms with Crippen LogP contribution >= 0.6 is 0 Å². The normalized spacial score (nSPS) is 10.3. The van der Waals surface area contributed by atoms with Gasteiger partial charge in [-0.3, -0.25) is 0 Å². The van der Waals surface area contributed by atoms with Gasteiger partial charge >= 0.3 is 0 Å². The van der Waals surface area contributed by atoms with Gasteiger partial charge in [0, 0.05) is 12.1 Å². The number of ether oxygens (including phenoxy) is 1. The van der Waals surface area contributed by atoms with Gasteiger partial charge in [-0.2, -0.15) is 5.10 Å². The molecular formula is C12H12FN3O. The third-order valence-corrected chi connectivity index (χ3v) is 2.33. The van der Waals surface area contributed by atoms with Crippen LogP contribution in [0.1, 0.15) is 11.1 Å². The Balaban J connectivity index is 2.28. The summed E-state index contributed by atoms with van der Waals surface area (Å²) in [7, 11) is 0. The van der Waals surface area contributed by atoms with Crippen molar-refractivity contribution in [3.63, 3.8) is 0 Å². The number of nitrogens with zero attached hydrogens (tertiary/aromatic N) is 2. The van der Waals surface area contributed by atoms with Gasteiger partial charge in [0.2, 0.25) is 5.88 Å². The van der Waals surface area contributed by atoms with Crippen LogP contribution in [0.3, 0.4) is 0 Å². The van der Waals surface area contributed by atoms with Crippen molar-refractivity contribution in [3.8, 4) is 11.6 Å². The van der Waals surface area contributed by atoms with Crippen molar-refractivity contribution < 1.29 is 9.13 Å². The lowest BCUT2D eigenvalue weighted by Gasteiger charge is -2.08. The Morgan fingerprint density at radius 2 is 2.18 bits per heavy atom. The van der Waals surface area contributed by atoms with E-state index in [2.05, 4.69) is 10.2 Å². The van der Waals surface area contributed by atoms with Gasteiger partial charge in [0.15, 0.2) is 0 Å². The highest BCUT2D eigenvalue weighted by atomic mass is 19.1. The van der Waals surface area contributed by atoms with Crippen molar-refractivity contribution in [1.29, 1.82) is 0 Å². The highest BCUT2D eigenvalue weighted by molar-refractivity contribution is 5.34. The zero-order chi connectivity index (χ0) is 12.3. The Morgan fingerprint density at radius 3 is 2.88 bits per heavy atom. The first-order valence-electron chi connectivity index (χ1n) is 5.15. The number of aromatic nitrogens is 2. The fourth-order valence-electron chi connectivity index (χ4n) is 1.38. The van der Waals surface area contributed by atoms with Crippen molar-refractivity contribution in [2.45, 2.75) is 13.5 Å². The Bertz CT molecular complexity index is 531. The first-order chi connectivity index (χ1) is 8.20. The summed E-state index contributed by atoms with van der Waals surface area (Å²) in [4.78, 5) is 0. The van der Waals surface area contributed by atoms with Gasteiger partial charge in [-0.25, -0.2) is 4.39 Å². The molecule has 2 aromatic rings. The van der Waals surface area contributed by atoms with Crippen LogP contribution in [0.2, 0.25) is 0 Å². The van der Waals surface area contributed by atoms with E-state index in [1.165, 1.54) is 12.1 Å². The first-order valence-corrected chi connectivity index (χ1v) is 5.15. The predicted octanol–water partition coefficient (Wildman–Crippen LogP) is 2.18. The summed E-state index contributed by atoms with van der Waals surface area (Å²) >= 11 is 0. The van der Waals surface area contributed by atoms with Crippen LogP contribution in [0, 0.1) is 12.7 Å². The Labute approximate surface area is 98.2 Å². The summed E-state index contributed by atoms with van der Waals surface area (Å²) < 4.78 is 18.6. The van der Waals surface area contributed by atoms with E-state index in [4.69, 9.17) is 10.5 Å². The van der Waals surface area contributed by atoms with E-state index >= 15 is 0 Å². The van der Waals surface area contributed by atoms with Crippen molar-refractivity contribution in [1.82, 2.24) is 10.2 Å². The SMILES string of the molecule is Cc1cc(Oc2nnccc2CN)ccc1F. The van der Waals surface area contributed by atoms with Gasteiger partial charge in [0.05, 0.1) is 6.20 Å². The zero-order valence-corrected chi connectivity index (χ0v) is 9.35. The van der Waals surface area contributed by atoms with E-state index in [1.54, 1.807) is 25.3 Å². The molecule has 0 saturated heterocycles. The summed E-state index contributed by atoms with van der Waals surface area (Å²) in [6.45, 7) is 1.98. The van der Waals surface area contributed by atoms with Crippen LogP contribution in [0.25, 0.3) is 0 Å². The molecule has 0 unspecified atom stereocenters. The number of rotatable bonds is 3. The molecule has 2 rings (SSSR count). The van der Waals surface area contributed by atoms with E-state index in [0.717, 1.165) is 5.56 Å². The molecule has 0 spiro atoms. The molecule has 1 heterocycles. The van der Waals surface area contributed by atoms with Crippen molar-refractivity contribution in [2.24, 2.45) is 5.73 Å². The van der Waals surface area contributed by atoms with Gasteiger partial charge in [-0.05, 0) is 36.8 Å². The van der Waals surface area contributed by atoms with Crippen molar-refractivity contribution in [3.05, 3.63) is 47.4 Å². The van der Waals surface area contributed by atoms with Gasteiger partial charge in [0.25, 0.3) is 0 Å². The van der Waals surface area contributed by atoms with Crippen LogP contribution < -0.4 is 10.5 Å². The topological polar surface area (TPSA) is 61.0 Å². The maximum absolute atomic E-state index is 13.1. The highest BCUT2D eigenvalue weighted by Gasteiger charge is 2.06. The van der Waals surface area contributed by atoms with E-state index < -0.39 is 0 Å². The van der Waals surface area contributed by atoms with Crippen LogP contribution in [0.15, 0.2) is 30.5 Å². The minimum Gasteiger partial charge on any atom is -0.437 e. The van der Waals surface area contributed by atoms with Crippen LogP contribution in [0.5, 0.6) is 11.6 Å². The smallest absolute Gasteiger partial charge is 0.243 e. The molecule has 0 radical (unpaired) electrons. The summed E-state index contributed by atoms with van der Waals surface area (Å²) in [6, 6.07) is 6.23. The molecule has 17 heavy (non-hydrogen) atoms. The standard InChI is InChI=1S/C12H12FN3O/c1-8-6-10(2-3-11(8)13)17-12-9(7-14)4-5-15-16-12/h2-6H,7,14H2,1H3. The maximum Gasteiger partial charge on any atom is 0.243 e. The lowest BCUT2D eigenvalue weighted by molar-refractivity contribution is 0.446. The third-order valence-electron chi connectivity index (χ3n) is 2.33. The van der Waals surface area contributed by atoms with Crippen LogP contribution in [0.4, 0.5) is 4.39 Å². The molecule has 1 aromatic heterocycles. The predicted molar refractivity (Wildman–Crippen MR) is 61.1 cm³/mol. The summed E-state index contributed by atoms with van der Waals surface area (Å²) in [5.41, 5.74) is 6.82.